The van der Waals surface area contributed by atoms with Crippen LogP contribution in [0.4, 0.5) is 5.69 Å². The second-order valence-electron chi connectivity index (χ2n) is 4.40. The van der Waals surface area contributed by atoms with Crippen LogP contribution in [-0.4, -0.2) is 24.6 Å². The van der Waals surface area contributed by atoms with Crippen molar-refractivity contribution in [1.29, 1.82) is 0 Å². The molecule has 0 aromatic heterocycles. The van der Waals surface area contributed by atoms with Gasteiger partial charge < -0.3 is 10.1 Å². The first kappa shape index (κ1) is 13.1. The van der Waals surface area contributed by atoms with Gasteiger partial charge in [0.25, 0.3) is 5.69 Å². The number of ether oxygens (including phenoxy) is 1. The molecule has 1 heterocycles. The van der Waals surface area contributed by atoms with Gasteiger partial charge in [-0.2, -0.15) is 0 Å². The molecule has 1 aliphatic rings. The van der Waals surface area contributed by atoms with Gasteiger partial charge in [-0.1, -0.05) is 11.6 Å². The van der Waals surface area contributed by atoms with E-state index in [0.717, 1.165) is 25.9 Å². The highest BCUT2D eigenvalue weighted by molar-refractivity contribution is 6.32. The minimum atomic E-state index is -0.453. The average Bonchev–Trinajstić information content (AvgIpc) is 2.38. The third-order valence-electron chi connectivity index (χ3n) is 3.00. The molecule has 1 atom stereocenters. The van der Waals surface area contributed by atoms with Crippen molar-refractivity contribution in [2.75, 3.05) is 19.7 Å². The van der Waals surface area contributed by atoms with Crippen LogP contribution < -0.4 is 10.1 Å². The topological polar surface area (TPSA) is 64.4 Å². The summed E-state index contributed by atoms with van der Waals surface area (Å²) >= 11 is 5.96. The van der Waals surface area contributed by atoms with E-state index in [9.17, 15) is 10.1 Å². The Hall–Kier alpha value is -1.33. The Labute approximate surface area is 110 Å². The van der Waals surface area contributed by atoms with Crippen LogP contribution in [0.5, 0.6) is 5.75 Å². The highest BCUT2D eigenvalue weighted by Gasteiger charge is 2.16. The van der Waals surface area contributed by atoms with Crippen molar-refractivity contribution >= 4 is 17.3 Å². The highest BCUT2D eigenvalue weighted by atomic mass is 35.5. The zero-order chi connectivity index (χ0) is 13.0. The van der Waals surface area contributed by atoms with Crippen LogP contribution in [-0.2, 0) is 0 Å². The molecule has 0 aliphatic carbocycles. The van der Waals surface area contributed by atoms with E-state index in [-0.39, 0.29) is 5.69 Å². The van der Waals surface area contributed by atoms with Crippen LogP contribution in [0, 0.1) is 16.0 Å². The zero-order valence-corrected chi connectivity index (χ0v) is 10.7. The Balaban J connectivity index is 1.99. The van der Waals surface area contributed by atoms with Gasteiger partial charge in [-0.05, 0) is 25.5 Å². The third-order valence-corrected chi connectivity index (χ3v) is 3.31. The summed E-state index contributed by atoms with van der Waals surface area (Å²) < 4.78 is 5.59. The molecule has 0 amide bonds. The Morgan fingerprint density at radius 2 is 2.39 bits per heavy atom. The first-order valence-electron chi connectivity index (χ1n) is 5.94. The second-order valence-corrected chi connectivity index (χ2v) is 4.80. The number of rotatable bonds is 4. The van der Waals surface area contributed by atoms with Crippen LogP contribution in [0.1, 0.15) is 12.8 Å². The van der Waals surface area contributed by atoms with E-state index in [1.807, 2.05) is 0 Å². The highest BCUT2D eigenvalue weighted by Crippen LogP contribution is 2.29. The van der Waals surface area contributed by atoms with E-state index in [1.54, 1.807) is 0 Å². The predicted octanol–water partition coefficient (Wildman–Crippen LogP) is 2.63. The quantitative estimate of drug-likeness (QED) is 0.675. The van der Waals surface area contributed by atoms with E-state index in [0.29, 0.717) is 23.3 Å². The Bertz CT molecular complexity index is 433. The third kappa shape index (κ3) is 3.34. The summed E-state index contributed by atoms with van der Waals surface area (Å²) in [4.78, 5) is 10.2. The SMILES string of the molecule is O=[N+]([O-])c1ccc(Cl)c(OCC2CCCNC2)c1. The summed E-state index contributed by atoms with van der Waals surface area (Å²) in [6, 6.07) is 4.24. The lowest BCUT2D eigenvalue weighted by atomic mass is 10.0. The molecular weight excluding hydrogens is 256 g/mol. The number of nitro groups is 1. The molecule has 0 radical (unpaired) electrons. The lowest BCUT2D eigenvalue weighted by Gasteiger charge is -2.22. The lowest BCUT2D eigenvalue weighted by Crippen LogP contribution is -2.33. The summed E-state index contributed by atoms with van der Waals surface area (Å²) in [5, 5.41) is 14.4. The molecule has 1 saturated heterocycles. The fourth-order valence-electron chi connectivity index (χ4n) is 1.99. The monoisotopic (exact) mass is 270 g/mol. The molecular formula is C12H15ClN2O3. The van der Waals surface area contributed by atoms with Crippen LogP contribution in [0.3, 0.4) is 0 Å². The maximum absolute atomic E-state index is 10.7. The number of halogens is 1. The standard InChI is InChI=1S/C12H15ClN2O3/c13-11-4-3-10(15(16)17)6-12(11)18-8-9-2-1-5-14-7-9/h3-4,6,9,14H,1-2,5,7-8H2. The van der Waals surface area contributed by atoms with Gasteiger partial charge in [0.2, 0.25) is 0 Å². The van der Waals surface area contributed by atoms with Gasteiger partial charge in [0.1, 0.15) is 5.75 Å². The van der Waals surface area contributed by atoms with Crippen LogP contribution in [0.25, 0.3) is 0 Å². The molecule has 1 aromatic carbocycles. The summed E-state index contributed by atoms with van der Waals surface area (Å²) in [6.07, 6.45) is 2.25. The second kappa shape index (κ2) is 6.02. The van der Waals surface area contributed by atoms with Gasteiger partial charge in [0, 0.05) is 18.5 Å². The number of non-ortho nitro benzene ring substituents is 1. The molecule has 0 bridgehead atoms. The van der Waals surface area contributed by atoms with E-state index in [2.05, 4.69) is 5.32 Å². The van der Waals surface area contributed by atoms with Gasteiger partial charge in [-0.15, -0.1) is 0 Å². The zero-order valence-electron chi connectivity index (χ0n) is 9.89. The molecule has 2 rings (SSSR count). The number of benzene rings is 1. The fourth-order valence-corrected chi connectivity index (χ4v) is 2.16. The molecule has 1 aliphatic heterocycles. The molecule has 6 heteroatoms. The largest absolute Gasteiger partial charge is 0.491 e. The average molecular weight is 271 g/mol. The van der Waals surface area contributed by atoms with Gasteiger partial charge in [-0.3, -0.25) is 10.1 Å². The summed E-state index contributed by atoms with van der Waals surface area (Å²) in [5.74, 6) is 0.825. The number of nitrogens with one attached hydrogen (secondary N) is 1. The number of hydrogen-bond acceptors (Lipinski definition) is 4. The summed E-state index contributed by atoms with van der Waals surface area (Å²) in [6.45, 7) is 2.51. The first-order valence-corrected chi connectivity index (χ1v) is 6.32. The number of nitrogens with zero attached hydrogens (tertiary/aromatic N) is 1. The smallest absolute Gasteiger partial charge is 0.273 e. The molecule has 1 aromatic rings. The minimum absolute atomic E-state index is 0.00355. The first-order chi connectivity index (χ1) is 8.66. The normalized spacial score (nSPS) is 19.5. The van der Waals surface area contributed by atoms with E-state index in [4.69, 9.17) is 16.3 Å². The van der Waals surface area contributed by atoms with Gasteiger partial charge in [0.15, 0.2) is 0 Å². The van der Waals surface area contributed by atoms with Crippen molar-refractivity contribution in [3.63, 3.8) is 0 Å². The van der Waals surface area contributed by atoms with Crippen molar-refractivity contribution in [1.82, 2.24) is 5.32 Å². The molecule has 98 valence electrons. The molecule has 1 unspecified atom stereocenters. The molecule has 0 spiro atoms. The Morgan fingerprint density at radius 1 is 1.56 bits per heavy atom. The van der Waals surface area contributed by atoms with Gasteiger partial charge in [-0.25, -0.2) is 0 Å². The summed E-state index contributed by atoms with van der Waals surface area (Å²) in [7, 11) is 0. The fraction of sp³-hybridized carbons (Fsp3) is 0.500. The van der Waals surface area contributed by atoms with E-state index < -0.39 is 4.92 Å². The number of piperidine rings is 1. The summed E-state index contributed by atoms with van der Waals surface area (Å²) in [5.41, 5.74) is -0.00355. The minimum Gasteiger partial charge on any atom is -0.491 e. The van der Waals surface area contributed by atoms with Gasteiger partial charge in [0.05, 0.1) is 22.6 Å². The molecule has 1 fully saturated rings. The molecule has 1 N–H and O–H groups in total. The van der Waals surface area contributed by atoms with Gasteiger partial charge >= 0.3 is 0 Å². The molecule has 18 heavy (non-hydrogen) atoms. The molecule has 5 nitrogen and oxygen atoms in total. The van der Waals surface area contributed by atoms with Crippen molar-refractivity contribution in [2.24, 2.45) is 5.92 Å². The lowest BCUT2D eigenvalue weighted by molar-refractivity contribution is -0.384. The van der Waals surface area contributed by atoms with E-state index >= 15 is 0 Å². The van der Waals surface area contributed by atoms with Crippen molar-refractivity contribution in [3.8, 4) is 5.75 Å². The van der Waals surface area contributed by atoms with Crippen molar-refractivity contribution < 1.29 is 9.66 Å². The Kier molecular flexibility index (Phi) is 4.38. The van der Waals surface area contributed by atoms with Crippen LogP contribution in [0.2, 0.25) is 5.02 Å². The predicted molar refractivity (Wildman–Crippen MR) is 69.2 cm³/mol. The van der Waals surface area contributed by atoms with Crippen molar-refractivity contribution in [3.05, 3.63) is 33.3 Å². The number of nitro benzene ring substituents is 1. The van der Waals surface area contributed by atoms with Crippen LogP contribution >= 0.6 is 11.6 Å². The van der Waals surface area contributed by atoms with E-state index in [1.165, 1.54) is 18.2 Å². The number of hydrogen-bond donors (Lipinski definition) is 1. The molecule has 0 saturated carbocycles. The van der Waals surface area contributed by atoms with Crippen LogP contribution in [0.15, 0.2) is 18.2 Å². The maximum atomic E-state index is 10.7. The van der Waals surface area contributed by atoms with Crippen molar-refractivity contribution in [2.45, 2.75) is 12.8 Å². The Morgan fingerprint density at radius 3 is 3.06 bits per heavy atom. The maximum Gasteiger partial charge on any atom is 0.273 e.